The molecule has 0 fully saturated rings. The number of anilines is 1. The van der Waals surface area contributed by atoms with Crippen molar-refractivity contribution in [2.24, 2.45) is 5.84 Å². The van der Waals surface area contributed by atoms with Crippen molar-refractivity contribution in [3.8, 4) is 0 Å². The highest BCUT2D eigenvalue weighted by Gasteiger charge is 2.24. The summed E-state index contributed by atoms with van der Waals surface area (Å²) in [6.07, 6.45) is 0.897. The Labute approximate surface area is 106 Å². The first kappa shape index (κ1) is 12.8. The highest BCUT2D eigenvalue weighted by atomic mass is 19.1. The number of hydrogen-bond donors (Lipinski definition) is 2. The summed E-state index contributed by atoms with van der Waals surface area (Å²) in [4.78, 5) is 4.47. The Hall–Kier alpha value is -1.68. The molecule has 0 aliphatic rings. The van der Waals surface area contributed by atoms with E-state index in [4.69, 9.17) is 5.84 Å². The minimum Gasteiger partial charge on any atom is -0.322 e. The molecule has 96 valence electrons. The summed E-state index contributed by atoms with van der Waals surface area (Å²) >= 11 is 0. The second-order valence-corrected chi connectivity index (χ2v) is 5.08. The second-order valence-electron chi connectivity index (χ2n) is 5.08. The Bertz CT molecular complexity index is 579. The fourth-order valence-corrected chi connectivity index (χ4v) is 1.96. The Morgan fingerprint density at radius 3 is 2.72 bits per heavy atom. The van der Waals surface area contributed by atoms with Crippen molar-refractivity contribution in [1.82, 2.24) is 4.98 Å². The van der Waals surface area contributed by atoms with Gasteiger partial charge in [0.05, 0.1) is 11.4 Å². The van der Waals surface area contributed by atoms with Crippen molar-refractivity contribution in [2.45, 2.75) is 32.6 Å². The van der Waals surface area contributed by atoms with Crippen LogP contribution in [0.15, 0.2) is 24.3 Å². The summed E-state index contributed by atoms with van der Waals surface area (Å²) < 4.78 is 13.8. The van der Waals surface area contributed by atoms with E-state index in [1.54, 1.807) is 6.07 Å². The zero-order valence-corrected chi connectivity index (χ0v) is 10.9. The fourth-order valence-electron chi connectivity index (χ4n) is 1.96. The van der Waals surface area contributed by atoms with Crippen LogP contribution in [0.3, 0.4) is 0 Å². The van der Waals surface area contributed by atoms with E-state index >= 15 is 0 Å². The number of halogens is 1. The molecular weight excluding hydrogens is 229 g/mol. The van der Waals surface area contributed by atoms with Crippen molar-refractivity contribution < 1.29 is 4.39 Å². The highest BCUT2D eigenvalue weighted by Crippen LogP contribution is 2.33. The Kier molecular flexibility index (Phi) is 3.22. The van der Waals surface area contributed by atoms with Crippen LogP contribution in [0, 0.1) is 5.82 Å². The Morgan fingerprint density at radius 2 is 2.11 bits per heavy atom. The van der Waals surface area contributed by atoms with Gasteiger partial charge >= 0.3 is 0 Å². The molecule has 1 aromatic carbocycles. The predicted octanol–water partition coefficient (Wildman–Crippen LogP) is 3.35. The number of fused-ring (bicyclic) bond motifs is 1. The molecule has 0 spiro atoms. The number of nitrogens with one attached hydrogen (secondary N) is 1. The molecule has 0 saturated heterocycles. The van der Waals surface area contributed by atoms with Crippen molar-refractivity contribution in [3.05, 3.63) is 35.8 Å². The van der Waals surface area contributed by atoms with E-state index in [-0.39, 0.29) is 11.2 Å². The van der Waals surface area contributed by atoms with E-state index in [9.17, 15) is 4.39 Å². The van der Waals surface area contributed by atoms with Crippen LogP contribution in [0.25, 0.3) is 10.9 Å². The molecule has 0 atom stereocenters. The van der Waals surface area contributed by atoms with Crippen LogP contribution < -0.4 is 11.3 Å². The van der Waals surface area contributed by atoms with Gasteiger partial charge in [-0.2, -0.15) is 0 Å². The van der Waals surface area contributed by atoms with E-state index in [1.807, 2.05) is 12.1 Å². The van der Waals surface area contributed by atoms with Gasteiger partial charge in [0, 0.05) is 10.8 Å². The van der Waals surface area contributed by atoms with E-state index in [2.05, 4.69) is 31.2 Å². The molecule has 0 amide bonds. The van der Waals surface area contributed by atoms with E-state index in [0.717, 1.165) is 23.2 Å². The average Bonchev–Trinajstić information content (AvgIpc) is 2.37. The molecule has 0 radical (unpaired) electrons. The SMILES string of the molecule is CCC(C)(C)c1nc2c(F)cccc2cc1NN. The predicted molar refractivity (Wildman–Crippen MR) is 72.8 cm³/mol. The molecule has 2 rings (SSSR count). The van der Waals surface area contributed by atoms with Crippen molar-refractivity contribution in [2.75, 3.05) is 5.43 Å². The molecule has 0 saturated carbocycles. The third-order valence-electron chi connectivity index (χ3n) is 3.48. The number of nitrogen functional groups attached to an aromatic ring is 1. The summed E-state index contributed by atoms with van der Waals surface area (Å²) in [5.74, 6) is 5.25. The maximum atomic E-state index is 13.8. The maximum Gasteiger partial charge on any atom is 0.149 e. The van der Waals surface area contributed by atoms with Gasteiger partial charge in [-0.25, -0.2) is 9.37 Å². The van der Waals surface area contributed by atoms with Crippen LogP contribution in [-0.2, 0) is 5.41 Å². The van der Waals surface area contributed by atoms with Gasteiger partial charge in [0.2, 0.25) is 0 Å². The molecule has 1 heterocycles. The average molecular weight is 247 g/mol. The van der Waals surface area contributed by atoms with Gasteiger partial charge in [0.1, 0.15) is 11.3 Å². The first-order valence-electron chi connectivity index (χ1n) is 6.06. The largest absolute Gasteiger partial charge is 0.322 e. The molecule has 0 bridgehead atoms. The number of aromatic nitrogens is 1. The topological polar surface area (TPSA) is 50.9 Å². The lowest BCUT2D eigenvalue weighted by Gasteiger charge is -2.25. The third-order valence-corrected chi connectivity index (χ3v) is 3.48. The number of benzene rings is 1. The molecule has 1 aromatic heterocycles. The smallest absolute Gasteiger partial charge is 0.149 e. The Morgan fingerprint density at radius 1 is 1.39 bits per heavy atom. The number of nitrogens with two attached hydrogens (primary N) is 1. The lowest BCUT2D eigenvalue weighted by molar-refractivity contribution is 0.493. The second kappa shape index (κ2) is 4.53. The van der Waals surface area contributed by atoms with Gasteiger partial charge in [0.15, 0.2) is 0 Å². The molecule has 3 N–H and O–H groups in total. The molecule has 4 heteroatoms. The number of para-hydroxylation sites is 1. The standard InChI is InChI=1S/C14H18FN3/c1-4-14(2,3)13-11(18-16)8-9-6-5-7-10(15)12(9)17-13/h5-8,18H,4,16H2,1-3H3. The highest BCUT2D eigenvalue weighted by molar-refractivity contribution is 5.83. The first-order valence-corrected chi connectivity index (χ1v) is 6.06. The van der Waals surface area contributed by atoms with Crippen LogP contribution in [0.1, 0.15) is 32.9 Å². The van der Waals surface area contributed by atoms with Gasteiger partial charge in [-0.1, -0.05) is 32.9 Å². The summed E-state index contributed by atoms with van der Waals surface area (Å²) in [6.45, 7) is 6.22. The van der Waals surface area contributed by atoms with Gasteiger partial charge in [-0.3, -0.25) is 5.84 Å². The van der Waals surface area contributed by atoms with Gasteiger partial charge in [-0.05, 0) is 18.6 Å². The lowest BCUT2D eigenvalue weighted by atomic mass is 9.84. The molecule has 18 heavy (non-hydrogen) atoms. The summed E-state index contributed by atoms with van der Waals surface area (Å²) in [6, 6.07) is 6.77. The zero-order valence-electron chi connectivity index (χ0n) is 10.9. The quantitative estimate of drug-likeness (QED) is 0.646. The monoisotopic (exact) mass is 247 g/mol. The lowest BCUT2D eigenvalue weighted by Crippen LogP contribution is -2.22. The first-order chi connectivity index (χ1) is 8.49. The van der Waals surface area contributed by atoms with Crippen LogP contribution in [0.2, 0.25) is 0 Å². The van der Waals surface area contributed by atoms with E-state index < -0.39 is 0 Å². The molecule has 3 nitrogen and oxygen atoms in total. The van der Waals surface area contributed by atoms with Crippen LogP contribution in [-0.4, -0.2) is 4.98 Å². The number of rotatable bonds is 3. The van der Waals surface area contributed by atoms with E-state index in [0.29, 0.717) is 5.52 Å². The minimum absolute atomic E-state index is 0.155. The zero-order chi connectivity index (χ0) is 13.3. The van der Waals surface area contributed by atoms with Crippen molar-refractivity contribution in [1.29, 1.82) is 0 Å². The normalized spacial score (nSPS) is 11.8. The van der Waals surface area contributed by atoms with Crippen molar-refractivity contribution >= 4 is 16.6 Å². The Balaban J connectivity index is 2.76. The van der Waals surface area contributed by atoms with Crippen molar-refractivity contribution in [3.63, 3.8) is 0 Å². The van der Waals surface area contributed by atoms with Gasteiger partial charge < -0.3 is 5.43 Å². The summed E-state index contributed by atoms with van der Waals surface area (Å²) in [5, 5.41) is 0.749. The minimum atomic E-state index is -0.302. The maximum absolute atomic E-state index is 13.8. The van der Waals surface area contributed by atoms with Crippen LogP contribution in [0.5, 0.6) is 0 Å². The summed E-state index contributed by atoms with van der Waals surface area (Å²) in [7, 11) is 0. The molecule has 0 aliphatic carbocycles. The molecule has 0 unspecified atom stereocenters. The van der Waals surface area contributed by atoms with Crippen LogP contribution >= 0.6 is 0 Å². The van der Waals surface area contributed by atoms with E-state index in [1.165, 1.54) is 6.07 Å². The number of hydrogen-bond acceptors (Lipinski definition) is 3. The molecular formula is C14H18FN3. The van der Waals surface area contributed by atoms with Gasteiger partial charge in [-0.15, -0.1) is 0 Å². The molecule has 2 aromatic rings. The number of nitrogens with zero attached hydrogens (tertiary/aromatic N) is 1. The third kappa shape index (κ3) is 2.04. The number of pyridine rings is 1. The summed E-state index contributed by atoms with van der Waals surface area (Å²) in [5.41, 5.74) is 4.45. The number of hydrazine groups is 1. The van der Waals surface area contributed by atoms with Crippen LogP contribution in [0.4, 0.5) is 10.1 Å². The van der Waals surface area contributed by atoms with Gasteiger partial charge in [0.25, 0.3) is 0 Å². The molecule has 0 aliphatic heterocycles. The fraction of sp³-hybridized carbons (Fsp3) is 0.357.